The average Bonchev–Trinajstić information content (AvgIpc) is 3.17. The van der Waals surface area contributed by atoms with Gasteiger partial charge in [-0.1, -0.05) is 35.5 Å². The molecule has 2 atom stereocenters. The second kappa shape index (κ2) is 6.32. The topological polar surface area (TPSA) is 66.6 Å². The van der Waals surface area contributed by atoms with Crippen LogP contribution in [0.15, 0.2) is 40.9 Å². The van der Waals surface area contributed by atoms with Crippen molar-refractivity contribution in [2.75, 3.05) is 13.1 Å². The third-order valence-corrected chi connectivity index (χ3v) is 4.21. The molecule has 1 saturated heterocycles. The van der Waals surface area contributed by atoms with Crippen LogP contribution in [0.1, 0.15) is 19.0 Å². The van der Waals surface area contributed by atoms with Gasteiger partial charge in [-0.3, -0.25) is 4.79 Å². The lowest BCUT2D eigenvalue weighted by atomic mass is 10.0. The van der Waals surface area contributed by atoms with Gasteiger partial charge in [0.1, 0.15) is 0 Å². The smallest absolute Gasteiger partial charge is 0.228 e. The van der Waals surface area contributed by atoms with Crippen molar-refractivity contribution in [2.45, 2.75) is 25.9 Å². The molecule has 0 aliphatic carbocycles. The molecule has 116 valence electrons. The predicted octanol–water partition coefficient (Wildman–Crippen LogP) is 2.11. The molecule has 22 heavy (non-hydrogen) atoms. The van der Waals surface area contributed by atoms with Crippen LogP contribution < -0.4 is 0 Å². The Labute approximate surface area is 129 Å². The van der Waals surface area contributed by atoms with Gasteiger partial charge in [-0.25, -0.2) is 0 Å². The van der Waals surface area contributed by atoms with Gasteiger partial charge in [-0.2, -0.15) is 0 Å². The zero-order valence-electron chi connectivity index (χ0n) is 12.6. The summed E-state index contributed by atoms with van der Waals surface area (Å²) in [6, 6.07) is 11.5. The fourth-order valence-electron chi connectivity index (χ4n) is 2.81. The van der Waals surface area contributed by atoms with E-state index in [9.17, 15) is 9.90 Å². The number of carbonyl (C=O) groups excluding carboxylic acids is 1. The number of nitrogens with zero attached hydrogens (tertiary/aromatic N) is 2. The quantitative estimate of drug-likeness (QED) is 0.939. The number of aromatic nitrogens is 1. The van der Waals surface area contributed by atoms with E-state index >= 15 is 0 Å². The minimum atomic E-state index is -0.366. The maximum absolute atomic E-state index is 12.3. The third kappa shape index (κ3) is 3.20. The molecule has 0 bridgehead atoms. The van der Waals surface area contributed by atoms with E-state index in [1.807, 2.05) is 36.4 Å². The normalized spacial score (nSPS) is 19.4. The summed E-state index contributed by atoms with van der Waals surface area (Å²) in [4.78, 5) is 14.1. The lowest BCUT2D eigenvalue weighted by Crippen LogP contribution is -2.31. The zero-order chi connectivity index (χ0) is 15.5. The molecule has 1 aliphatic rings. The van der Waals surface area contributed by atoms with Gasteiger partial charge in [0.25, 0.3) is 0 Å². The second-order valence-corrected chi connectivity index (χ2v) is 5.85. The van der Waals surface area contributed by atoms with Gasteiger partial charge < -0.3 is 14.5 Å². The number of rotatable bonds is 4. The van der Waals surface area contributed by atoms with Gasteiger partial charge in [0.05, 0.1) is 18.2 Å². The molecule has 1 aromatic carbocycles. The van der Waals surface area contributed by atoms with Gasteiger partial charge in [-0.05, 0) is 13.3 Å². The van der Waals surface area contributed by atoms with Crippen LogP contribution in [0.4, 0.5) is 0 Å². The van der Waals surface area contributed by atoms with Crippen molar-refractivity contribution >= 4 is 5.91 Å². The molecular weight excluding hydrogens is 280 g/mol. The number of benzene rings is 1. The molecule has 3 rings (SSSR count). The molecule has 2 aromatic rings. The van der Waals surface area contributed by atoms with Crippen LogP contribution in [0.25, 0.3) is 11.3 Å². The van der Waals surface area contributed by atoms with E-state index in [1.54, 1.807) is 11.8 Å². The van der Waals surface area contributed by atoms with Crippen LogP contribution in [0.5, 0.6) is 0 Å². The summed E-state index contributed by atoms with van der Waals surface area (Å²) in [5.41, 5.74) is 1.59. The largest absolute Gasteiger partial charge is 0.393 e. The number of hydrogen-bond donors (Lipinski definition) is 1. The second-order valence-electron chi connectivity index (χ2n) is 5.85. The van der Waals surface area contributed by atoms with Crippen molar-refractivity contribution in [1.29, 1.82) is 0 Å². The van der Waals surface area contributed by atoms with Crippen molar-refractivity contribution in [3.05, 3.63) is 42.1 Å². The van der Waals surface area contributed by atoms with Crippen molar-refractivity contribution in [3.8, 4) is 11.3 Å². The lowest BCUT2D eigenvalue weighted by molar-refractivity contribution is -0.129. The minimum Gasteiger partial charge on any atom is -0.393 e. The van der Waals surface area contributed by atoms with E-state index in [1.165, 1.54) is 0 Å². The van der Waals surface area contributed by atoms with E-state index in [0.717, 1.165) is 12.0 Å². The fraction of sp³-hybridized carbons (Fsp3) is 0.412. The Morgan fingerprint density at radius 3 is 2.91 bits per heavy atom. The Hall–Kier alpha value is -2.14. The highest BCUT2D eigenvalue weighted by Gasteiger charge is 2.29. The first-order valence-electron chi connectivity index (χ1n) is 7.60. The Kier molecular flexibility index (Phi) is 4.24. The highest BCUT2D eigenvalue weighted by Crippen LogP contribution is 2.22. The number of likely N-dealkylation sites (tertiary alicyclic amines) is 1. The number of aliphatic hydroxyl groups is 1. The van der Waals surface area contributed by atoms with E-state index in [0.29, 0.717) is 24.5 Å². The SMILES string of the molecule is CC(O)C1CCN(C(=O)Cc2cc(-c3ccccc3)on2)C1. The average molecular weight is 300 g/mol. The molecule has 2 unspecified atom stereocenters. The predicted molar refractivity (Wildman–Crippen MR) is 82.0 cm³/mol. The van der Waals surface area contributed by atoms with E-state index in [2.05, 4.69) is 5.16 Å². The summed E-state index contributed by atoms with van der Waals surface area (Å²) in [5, 5.41) is 13.6. The third-order valence-electron chi connectivity index (χ3n) is 4.21. The first-order valence-corrected chi connectivity index (χ1v) is 7.60. The molecular formula is C17H20N2O3. The first kappa shape index (κ1) is 14.8. The Morgan fingerprint density at radius 1 is 1.45 bits per heavy atom. The van der Waals surface area contributed by atoms with Gasteiger partial charge in [-0.15, -0.1) is 0 Å². The maximum atomic E-state index is 12.3. The molecule has 0 radical (unpaired) electrons. The van der Waals surface area contributed by atoms with Crippen molar-refractivity contribution in [1.82, 2.24) is 10.1 Å². The first-order chi connectivity index (χ1) is 10.6. The maximum Gasteiger partial charge on any atom is 0.228 e. The Bertz CT molecular complexity index is 636. The molecule has 2 heterocycles. The van der Waals surface area contributed by atoms with Crippen LogP contribution in [0.3, 0.4) is 0 Å². The van der Waals surface area contributed by atoms with Gasteiger partial charge in [0.2, 0.25) is 5.91 Å². The summed E-state index contributed by atoms with van der Waals surface area (Å²) >= 11 is 0. The standard InChI is InChI=1S/C17H20N2O3/c1-12(20)14-7-8-19(11-14)17(21)10-15-9-16(22-18-15)13-5-3-2-4-6-13/h2-6,9,12,14,20H,7-8,10-11H2,1H3. The summed E-state index contributed by atoms with van der Waals surface area (Å²) in [5.74, 6) is 0.892. The monoisotopic (exact) mass is 300 g/mol. The molecule has 1 aromatic heterocycles. The van der Waals surface area contributed by atoms with E-state index < -0.39 is 0 Å². The molecule has 0 saturated carbocycles. The van der Waals surface area contributed by atoms with Crippen molar-refractivity contribution in [2.24, 2.45) is 5.92 Å². The van der Waals surface area contributed by atoms with Crippen molar-refractivity contribution < 1.29 is 14.4 Å². The number of amides is 1. The molecule has 1 amide bonds. The van der Waals surface area contributed by atoms with Crippen LogP contribution in [0.2, 0.25) is 0 Å². The molecule has 1 aliphatic heterocycles. The minimum absolute atomic E-state index is 0.0380. The van der Waals surface area contributed by atoms with Crippen LogP contribution >= 0.6 is 0 Å². The molecule has 5 heteroatoms. The summed E-state index contributed by atoms with van der Waals surface area (Å²) < 4.78 is 5.31. The molecule has 1 fully saturated rings. The summed E-state index contributed by atoms with van der Waals surface area (Å²) in [6.45, 7) is 3.11. The number of hydrogen-bond acceptors (Lipinski definition) is 4. The Balaban J connectivity index is 1.62. The van der Waals surface area contributed by atoms with Crippen LogP contribution in [0, 0.1) is 5.92 Å². The van der Waals surface area contributed by atoms with Crippen LogP contribution in [-0.4, -0.2) is 40.3 Å². The van der Waals surface area contributed by atoms with E-state index in [-0.39, 0.29) is 24.3 Å². The summed E-state index contributed by atoms with van der Waals surface area (Å²) in [7, 11) is 0. The van der Waals surface area contributed by atoms with Gasteiger partial charge >= 0.3 is 0 Å². The van der Waals surface area contributed by atoms with Gasteiger partial charge in [0, 0.05) is 30.6 Å². The van der Waals surface area contributed by atoms with Gasteiger partial charge in [0.15, 0.2) is 5.76 Å². The highest BCUT2D eigenvalue weighted by molar-refractivity contribution is 5.79. The van der Waals surface area contributed by atoms with Crippen molar-refractivity contribution in [3.63, 3.8) is 0 Å². The van der Waals surface area contributed by atoms with Crippen LogP contribution in [-0.2, 0) is 11.2 Å². The number of carbonyl (C=O) groups is 1. The molecule has 5 nitrogen and oxygen atoms in total. The lowest BCUT2D eigenvalue weighted by Gasteiger charge is -2.17. The fourth-order valence-corrected chi connectivity index (χ4v) is 2.81. The van der Waals surface area contributed by atoms with E-state index in [4.69, 9.17) is 4.52 Å². The zero-order valence-corrected chi connectivity index (χ0v) is 12.6. The number of aliphatic hydroxyl groups excluding tert-OH is 1. The molecule has 1 N–H and O–H groups in total. The summed E-state index contributed by atoms with van der Waals surface area (Å²) in [6.07, 6.45) is 0.731. The molecule has 0 spiro atoms. The Morgan fingerprint density at radius 2 is 2.23 bits per heavy atom. The highest BCUT2D eigenvalue weighted by atomic mass is 16.5.